The van der Waals surface area contributed by atoms with Crippen molar-refractivity contribution in [1.82, 2.24) is 4.90 Å². The van der Waals surface area contributed by atoms with Gasteiger partial charge in [-0.25, -0.2) is 0 Å². The van der Waals surface area contributed by atoms with E-state index >= 15 is 0 Å². The Morgan fingerprint density at radius 1 is 1.31 bits per heavy atom. The molecule has 2 N–H and O–H groups in total. The molecule has 0 aliphatic heterocycles. The Hall–Kier alpha value is -1.42. The fraction of sp³-hybridized carbons (Fsp3) is 0.500. The van der Waals surface area contributed by atoms with Gasteiger partial charge in [-0.1, -0.05) is 0 Å². The highest BCUT2D eigenvalue weighted by Gasteiger charge is 2.01. The molecule has 0 radical (unpaired) electrons. The van der Waals surface area contributed by atoms with Gasteiger partial charge in [0.15, 0.2) is 0 Å². The molecule has 0 bridgehead atoms. The maximum Gasteiger partial charge on any atom is 0.145 e. The molecular weight excluding hydrogens is 204 g/mol. The minimum Gasteiger partial charge on any atom is -0.494 e. The topological polar surface area (TPSA) is 47.7 Å². The van der Waals surface area contributed by atoms with E-state index in [2.05, 4.69) is 4.90 Å². The van der Waals surface area contributed by atoms with Gasteiger partial charge in [0, 0.05) is 12.6 Å². The molecule has 0 aliphatic carbocycles. The van der Waals surface area contributed by atoms with Crippen molar-refractivity contribution in [3.63, 3.8) is 0 Å². The van der Waals surface area contributed by atoms with E-state index in [1.54, 1.807) is 13.2 Å². The number of nitrogen functional groups attached to an aromatic ring is 1. The minimum atomic E-state index is 0.628. The van der Waals surface area contributed by atoms with E-state index in [9.17, 15) is 0 Å². The second-order valence-corrected chi connectivity index (χ2v) is 3.91. The SMILES string of the molecule is COc1cc(OCCCN(C)C)ccc1N. The van der Waals surface area contributed by atoms with Gasteiger partial charge in [-0.15, -0.1) is 0 Å². The number of rotatable bonds is 6. The van der Waals surface area contributed by atoms with Gasteiger partial charge in [-0.3, -0.25) is 0 Å². The average Bonchev–Trinajstić information content (AvgIpc) is 2.26. The van der Waals surface area contributed by atoms with Crippen molar-refractivity contribution < 1.29 is 9.47 Å². The van der Waals surface area contributed by atoms with E-state index in [-0.39, 0.29) is 0 Å². The lowest BCUT2D eigenvalue weighted by Crippen LogP contribution is -2.15. The van der Waals surface area contributed by atoms with Gasteiger partial charge in [-0.2, -0.15) is 0 Å². The molecule has 1 aromatic rings. The molecule has 4 heteroatoms. The number of hydrogen-bond acceptors (Lipinski definition) is 4. The molecule has 90 valence electrons. The summed E-state index contributed by atoms with van der Waals surface area (Å²) in [4.78, 5) is 2.13. The average molecular weight is 224 g/mol. The Labute approximate surface area is 96.9 Å². The van der Waals surface area contributed by atoms with Crippen molar-refractivity contribution >= 4 is 5.69 Å². The standard InChI is InChI=1S/C12H20N2O2/c1-14(2)7-4-8-16-10-5-6-11(13)12(9-10)15-3/h5-6,9H,4,7-8,13H2,1-3H3. The van der Waals surface area contributed by atoms with Gasteiger partial charge in [0.2, 0.25) is 0 Å². The summed E-state index contributed by atoms with van der Waals surface area (Å²) in [6, 6.07) is 5.46. The predicted molar refractivity (Wildman–Crippen MR) is 66.1 cm³/mol. The summed E-state index contributed by atoms with van der Waals surface area (Å²) in [7, 11) is 5.69. The van der Waals surface area contributed by atoms with Gasteiger partial charge in [-0.05, 0) is 32.6 Å². The number of benzene rings is 1. The summed E-state index contributed by atoms with van der Waals surface area (Å²) >= 11 is 0. The Morgan fingerprint density at radius 3 is 2.69 bits per heavy atom. The largest absolute Gasteiger partial charge is 0.494 e. The molecular formula is C12H20N2O2. The molecule has 4 nitrogen and oxygen atoms in total. The van der Waals surface area contributed by atoms with Gasteiger partial charge in [0.05, 0.1) is 19.4 Å². The maximum absolute atomic E-state index is 5.71. The van der Waals surface area contributed by atoms with Crippen LogP contribution in [0, 0.1) is 0 Å². The van der Waals surface area contributed by atoms with E-state index in [1.165, 1.54) is 0 Å². The van der Waals surface area contributed by atoms with Crippen LogP contribution in [-0.4, -0.2) is 39.3 Å². The first-order chi connectivity index (χ1) is 7.63. The Balaban J connectivity index is 2.42. The van der Waals surface area contributed by atoms with Crippen LogP contribution in [0.3, 0.4) is 0 Å². The Kier molecular flexibility index (Phi) is 4.92. The van der Waals surface area contributed by atoms with Crippen LogP contribution < -0.4 is 15.2 Å². The van der Waals surface area contributed by atoms with Crippen LogP contribution in [0.25, 0.3) is 0 Å². The zero-order valence-electron chi connectivity index (χ0n) is 10.2. The highest BCUT2D eigenvalue weighted by molar-refractivity contribution is 5.55. The van der Waals surface area contributed by atoms with Gasteiger partial charge in [0.1, 0.15) is 11.5 Å². The maximum atomic E-state index is 5.71. The number of nitrogens with two attached hydrogens (primary N) is 1. The van der Waals surface area contributed by atoms with E-state index in [4.69, 9.17) is 15.2 Å². The first-order valence-corrected chi connectivity index (χ1v) is 5.34. The van der Waals surface area contributed by atoms with Crippen molar-refractivity contribution in [1.29, 1.82) is 0 Å². The molecule has 0 atom stereocenters. The van der Waals surface area contributed by atoms with Crippen molar-refractivity contribution in [3.8, 4) is 11.5 Å². The number of methoxy groups -OCH3 is 1. The number of nitrogens with zero attached hydrogens (tertiary/aromatic N) is 1. The molecule has 0 aromatic heterocycles. The molecule has 1 aromatic carbocycles. The lowest BCUT2D eigenvalue weighted by Gasteiger charge is -2.11. The van der Waals surface area contributed by atoms with E-state index in [0.717, 1.165) is 18.7 Å². The third-order valence-corrected chi connectivity index (χ3v) is 2.22. The van der Waals surface area contributed by atoms with Crippen molar-refractivity contribution in [2.45, 2.75) is 6.42 Å². The summed E-state index contributed by atoms with van der Waals surface area (Å²) in [5.74, 6) is 1.45. The lowest BCUT2D eigenvalue weighted by molar-refractivity contribution is 0.280. The monoisotopic (exact) mass is 224 g/mol. The van der Waals surface area contributed by atoms with Crippen LogP contribution in [0.5, 0.6) is 11.5 Å². The van der Waals surface area contributed by atoms with Crippen LogP contribution in [0.1, 0.15) is 6.42 Å². The van der Waals surface area contributed by atoms with Crippen LogP contribution in [0.4, 0.5) is 5.69 Å². The number of hydrogen-bond donors (Lipinski definition) is 1. The third-order valence-electron chi connectivity index (χ3n) is 2.22. The van der Waals surface area contributed by atoms with Crippen molar-refractivity contribution in [3.05, 3.63) is 18.2 Å². The molecule has 0 heterocycles. The highest BCUT2D eigenvalue weighted by atomic mass is 16.5. The fourth-order valence-corrected chi connectivity index (χ4v) is 1.35. The minimum absolute atomic E-state index is 0.628. The first-order valence-electron chi connectivity index (χ1n) is 5.34. The van der Waals surface area contributed by atoms with Gasteiger partial charge >= 0.3 is 0 Å². The summed E-state index contributed by atoms with van der Waals surface area (Å²) in [5.41, 5.74) is 6.34. The fourth-order valence-electron chi connectivity index (χ4n) is 1.35. The van der Waals surface area contributed by atoms with E-state index in [0.29, 0.717) is 18.0 Å². The molecule has 0 saturated heterocycles. The summed E-state index contributed by atoms with van der Waals surface area (Å²) in [5, 5.41) is 0. The normalized spacial score (nSPS) is 10.5. The summed E-state index contributed by atoms with van der Waals surface area (Å²) in [6.07, 6.45) is 1.000. The molecule has 0 saturated carbocycles. The molecule has 0 spiro atoms. The van der Waals surface area contributed by atoms with Crippen LogP contribution in [0.2, 0.25) is 0 Å². The molecule has 16 heavy (non-hydrogen) atoms. The summed E-state index contributed by atoms with van der Waals surface area (Å²) < 4.78 is 10.7. The molecule has 0 aliphatic rings. The third kappa shape index (κ3) is 3.98. The molecule has 0 amide bonds. The Morgan fingerprint density at radius 2 is 2.06 bits per heavy atom. The molecule has 1 rings (SSSR count). The van der Waals surface area contributed by atoms with Crippen molar-refractivity contribution in [2.24, 2.45) is 0 Å². The Bertz CT molecular complexity index is 327. The highest BCUT2D eigenvalue weighted by Crippen LogP contribution is 2.26. The molecule has 0 unspecified atom stereocenters. The second kappa shape index (κ2) is 6.23. The second-order valence-electron chi connectivity index (χ2n) is 3.91. The lowest BCUT2D eigenvalue weighted by atomic mass is 10.3. The summed E-state index contributed by atoms with van der Waals surface area (Å²) in [6.45, 7) is 1.72. The first kappa shape index (κ1) is 12.6. The smallest absolute Gasteiger partial charge is 0.145 e. The van der Waals surface area contributed by atoms with Gasteiger partial charge < -0.3 is 20.1 Å². The number of ether oxygens (including phenoxy) is 2. The van der Waals surface area contributed by atoms with Crippen molar-refractivity contribution in [2.75, 3.05) is 40.1 Å². The number of anilines is 1. The predicted octanol–water partition coefficient (Wildman–Crippen LogP) is 1.61. The zero-order valence-corrected chi connectivity index (χ0v) is 10.2. The zero-order chi connectivity index (χ0) is 12.0. The van der Waals surface area contributed by atoms with Crippen LogP contribution in [0.15, 0.2) is 18.2 Å². The van der Waals surface area contributed by atoms with Crippen LogP contribution in [-0.2, 0) is 0 Å². The van der Waals surface area contributed by atoms with E-state index in [1.807, 2.05) is 26.2 Å². The van der Waals surface area contributed by atoms with E-state index < -0.39 is 0 Å². The quantitative estimate of drug-likeness (QED) is 0.589. The molecule has 0 fully saturated rings. The van der Waals surface area contributed by atoms with Gasteiger partial charge in [0.25, 0.3) is 0 Å². The van der Waals surface area contributed by atoms with Crippen LogP contribution >= 0.6 is 0 Å².